The molecule has 0 aromatic rings. The fourth-order valence-electron chi connectivity index (χ4n) is 1.46. The summed E-state index contributed by atoms with van der Waals surface area (Å²) in [6.45, 7) is 6.08. The van der Waals surface area contributed by atoms with Crippen LogP contribution in [0.3, 0.4) is 0 Å². The lowest BCUT2D eigenvalue weighted by atomic mass is 10.2. The summed E-state index contributed by atoms with van der Waals surface area (Å²) in [6, 6.07) is 0. The molecule has 0 aliphatic heterocycles. The van der Waals surface area contributed by atoms with Crippen molar-refractivity contribution in [3.8, 4) is 0 Å². The van der Waals surface area contributed by atoms with Crippen molar-refractivity contribution in [2.24, 2.45) is 0 Å². The second-order valence-electron chi connectivity index (χ2n) is 4.02. The number of hydrogen-bond donors (Lipinski definition) is 0. The van der Waals surface area contributed by atoms with Crippen molar-refractivity contribution in [3.63, 3.8) is 0 Å². The van der Waals surface area contributed by atoms with E-state index in [1.807, 2.05) is 0 Å². The lowest BCUT2D eigenvalue weighted by Gasteiger charge is -1.92. The van der Waals surface area contributed by atoms with Gasteiger partial charge in [-0.1, -0.05) is 63.8 Å². The van der Waals surface area contributed by atoms with Gasteiger partial charge in [-0.15, -0.1) is 0 Å². The van der Waals surface area contributed by atoms with Gasteiger partial charge in [-0.05, 0) is 32.1 Å². The van der Waals surface area contributed by atoms with E-state index in [2.05, 4.69) is 38.2 Å². The molecule has 0 aromatic carbocycles. The number of unbranched alkanes of at least 4 members (excludes halogenated alkanes) is 6. The molecule has 0 aliphatic carbocycles. The van der Waals surface area contributed by atoms with E-state index in [0.717, 1.165) is 12.8 Å². The molecule has 0 saturated heterocycles. The highest BCUT2D eigenvalue weighted by molar-refractivity contribution is 4.92. The zero-order valence-electron chi connectivity index (χ0n) is 10.4. The summed E-state index contributed by atoms with van der Waals surface area (Å²) >= 11 is 0. The van der Waals surface area contributed by atoms with Gasteiger partial charge in [0.2, 0.25) is 0 Å². The summed E-state index contributed by atoms with van der Waals surface area (Å²) in [5.74, 6) is 0. The van der Waals surface area contributed by atoms with Gasteiger partial charge in [0.05, 0.1) is 0 Å². The third-order valence-corrected chi connectivity index (χ3v) is 2.45. The molecule has 0 rings (SSSR count). The first kappa shape index (κ1) is 14.5. The minimum atomic E-state index is 1.07. The summed E-state index contributed by atoms with van der Waals surface area (Å²) in [6.07, 6.45) is 20.4. The lowest BCUT2D eigenvalue weighted by molar-refractivity contribution is 0.728. The standard InChI is InChI=1S/C15H27/c1-3-5-7-9-11-13-15-14-12-10-8-6-4-2/h11-14H,1,3-10,15H2,2H3/b13-11+,14-12+. The van der Waals surface area contributed by atoms with E-state index in [1.54, 1.807) is 0 Å². The molecule has 0 N–H and O–H groups in total. The Bertz CT molecular complexity index is 135. The normalized spacial score (nSPS) is 11.9. The van der Waals surface area contributed by atoms with E-state index >= 15 is 0 Å². The zero-order chi connectivity index (χ0) is 11.2. The topological polar surface area (TPSA) is 0 Å². The number of rotatable bonds is 10. The van der Waals surface area contributed by atoms with Crippen molar-refractivity contribution in [2.45, 2.75) is 64.7 Å². The maximum Gasteiger partial charge on any atom is -0.0169 e. The summed E-state index contributed by atoms with van der Waals surface area (Å²) in [5, 5.41) is 0. The Morgan fingerprint density at radius 2 is 1.40 bits per heavy atom. The van der Waals surface area contributed by atoms with E-state index in [9.17, 15) is 0 Å². The van der Waals surface area contributed by atoms with Crippen LogP contribution in [0, 0.1) is 6.92 Å². The van der Waals surface area contributed by atoms with Gasteiger partial charge >= 0.3 is 0 Å². The van der Waals surface area contributed by atoms with E-state index in [4.69, 9.17) is 0 Å². The molecule has 0 heterocycles. The van der Waals surface area contributed by atoms with Crippen LogP contribution in [-0.2, 0) is 0 Å². The average Bonchev–Trinajstić information content (AvgIpc) is 2.26. The molecule has 0 nitrogen and oxygen atoms in total. The zero-order valence-corrected chi connectivity index (χ0v) is 10.4. The highest BCUT2D eigenvalue weighted by Gasteiger charge is 1.82. The summed E-state index contributed by atoms with van der Waals surface area (Å²) in [7, 11) is 0. The molecule has 0 aliphatic rings. The van der Waals surface area contributed by atoms with Gasteiger partial charge in [0.15, 0.2) is 0 Å². The highest BCUT2D eigenvalue weighted by atomic mass is 13.9. The van der Waals surface area contributed by atoms with Crippen molar-refractivity contribution in [1.29, 1.82) is 0 Å². The Hall–Kier alpha value is -0.520. The van der Waals surface area contributed by atoms with Crippen LogP contribution in [0.2, 0.25) is 0 Å². The van der Waals surface area contributed by atoms with Crippen LogP contribution >= 0.6 is 0 Å². The van der Waals surface area contributed by atoms with Crippen molar-refractivity contribution < 1.29 is 0 Å². The van der Waals surface area contributed by atoms with Gasteiger partial charge in [-0.2, -0.15) is 0 Å². The number of hydrogen-bond acceptors (Lipinski definition) is 0. The van der Waals surface area contributed by atoms with Crippen LogP contribution in [0.4, 0.5) is 0 Å². The van der Waals surface area contributed by atoms with Crippen LogP contribution in [-0.4, -0.2) is 0 Å². The quantitative estimate of drug-likeness (QED) is 0.329. The SMILES string of the molecule is [CH2]CCCC/C=C/C/C=C/CCCCC. The average molecular weight is 207 g/mol. The van der Waals surface area contributed by atoms with E-state index in [-0.39, 0.29) is 0 Å². The fraction of sp³-hybridized carbons (Fsp3) is 0.667. The van der Waals surface area contributed by atoms with Gasteiger partial charge in [0.25, 0.3) is 0 Å². The molecule has 0 saturated carbocycles. The monoisotopic (exact) mass is 207 g/mol. The predicted octanol–water partition coefficient (Wildman–Crippen LogP) is 5.46. The third kappa shape index (κ3) is 13.5. The summed E-state index contributed by atoms with van der Waals surface area (Å²) in [4.78, 5) is 0. The Labute approximate surface area is 96.5 Å². The summed E-state index contributed by atoms with van der Waals surface area (Å²) < 4.78 is 0. The highest BCUT2D eigenvalue weighted by Crippen LogP contribution is 2.02. The van der Waals surface area contributed by atoms with E-state index < -0.39 is 0 Å². The van der Waals surface area contributed by atoms with Crippen molar-refractivity contribution in [3.05, 3.63) is 31.2 Å². The predicted molar refractivity (Wildman–Crippen MR) is 70.9 cm³/mol. The van der Waals surface area contributed by atoms with E-state index in [1.165, 1.54) is 44.9 Å². The molecule has 0 spiro atoms. The Kier molecular flexibility index (Phi) is 13.0. The lowest BCUT2D eigenvalue weighted by Crippen LogP contribution is -1.71. The first-order valence-corrected chi connectivity index (χ1v) is 6.51. The number of allylic oxidation sites excluding steroid dienone is 4. The molecule has 0 unspecified atom stereocenters. The molecule has 87 valence electrons. The van der Waals surface area contributed by atoms with Gasteiger partial charge < -0.3 is 0 Å². The summed E-state index contributed by atoms with van der Waals surface area (Å²) in [5.41, 5.74) is 0. The van der Waals surface area contributed by atoms with Crippen molar-refractivity contribution in [1.82, 2.24) is 0 Å². The molecular weight excluding hydrogens is 180 g/mol. The largest absolute Gasteiger partial charge is 0.0882 e. The van der Waals surface area contributed by atoms with Crippen LogP contribution in [0.1, 0.15) is 64.7 Å². The molecule has 0 atom stereocenters. The van der Waals surface area contributed by atoms with E-state index in [0.29, 0.717) is 0 Å². The minimum absolute atomic E-state index is 1.07. The molecular formula is C15H27. The van der Waals surface area contributed by atoms with Gasteiger partial charge in [-0.25, -0.2) is 0 Å². The van der Waals surface area contributed by atoms with Crippen LogP contribution in [0.15, 0.2) is 24.3 Å². The van der Waals surface area contributed by atoms with Crippen molar-refractivity contribution in [2.75, 3.05) is 0 Å². The molecule has 0 fully saturated rings. The van der Waals surface area contributed by atoms with Gasteiger partial charge in [0, 0.05) is 0 Å². The first-order chi connectivity index (χ1) is 7.41. The van der Waals surface area contributed by atoms with Gasteiger partial charge in [0.1, 0.15) is 0 Å². The van der Waals surface area contributed by atoms with Crippen LogP contribution in [0.25, 0.3) is 0 Å². The Morgan fingerprint density at radius 1 is 0.800 bits per heavy atom. The maximum absolute atomic E-state index is 3.83. The third-order valence-electron chi connectivity index (χ3n) is 2.45. The second kappa shape index (κ2) is 13.5. The molecule has 0 amide bonds. The molecule has 0 aromatic heterocycles. The molecule has 0 bridgehead atoms. The van der Waals surface area contributed by atoms with Crippen LogP contribution in [0.5, 0.6) is 0 Å². The van der Waals surface area contributed by atoms with Crippen molar-refractivity contribution >= 4 is 0 Å². The second-order valence-corrected chi connectivity index (χ2v) is 4.02. The maximum atomic E-state index is 3.83. The van der Waals surface area contributed by atoms with Gasteiger partial charge in [-0.3, -0.25) is 0 Å². The minimum Gasteiger partial charge on any atom is -0.0882 e. The fourth-order valence-corrected chi connectivity index (χ4v) is 1.46. The molecule has 15 heavy (non-hydrogen) atoms. The molecule has 1 radical (unpaired) electrons. The first-order valence-electron chi connectivity index (χ1n) is 6.51. The molecule has 0 heteroatoms. The Balaban J connectivity index is 3.14. The van der Waals surface area contributed by atoms with Crippen LogP contribution < -0.4 is 0 Å². The Morgan fingerprint density at radius 3 is 1.93 bits per heavy atom. The smallest absolute Gasteiger partial charge is 0.0169 e.